The Bertz CT molecular complexity index is 1720. The average Bonchev–Trinajstić information content (AvgIpc) is 2.98. The number of rotatable bonds is 5. The molecule has 274 valence electrons. The van der Waals surface area contributed by atoms with Crippen LogP contribution in [0.2, 0.25) is 0 Å². The van der Waals surface area contributed by atoms with E-state index in [9.17, 15) is 10.2 Å². The molecule has 0 saturated heterocycles. The van der Waals surface area contributed by atoms with Gasteiger partial charge in [0.2, 0.25) is 0 Å². The molecule has 0 aromatic heterocycles. The molecule has 4 aromatic carbocycles. The molecule has 0 bridgehead atoms. The first-order valence-corrected chi connectivity index (χ1v) is 24.0. The maximum absolute atomic E-state index is 11.9. The molecule has 0 radical (unpaired) electrons. The third kappa shape index (κ3) is 9.56. The van der Waals surface area contributed by atoms with Crippen molar-refractivity contribution in [1.82, 2.24) is 0 Å². The molecule has 4 nitrogen and oxygen atoms in total. The number of aryl methyl sites for hydroxylation is 2. The van der Waals surface area contributed by atoms with Crippen molar-refractivity contribution in [2.24, 2.45) is 0 Å². The van der Waals surface area contributed by atoms with E-state index in [1.54, 1.807) is 0 Å². The van der Waals surface area contributed by atoms with Crippen LogP contribution >= 0.6 is 17.0 Å². The van der Waals surface area contributed by atoms with Crippen LogP contribution in [0.1, 0.15) is 116 Å². The summed E-state index contributed by atoms with van der Waals surface area (Å²) in [6.07, 6.45) is 0. The number of nitrogens with zero attached hydrogens (tertiary/aromatic N) is 2. The Morgan fingerprint density at radius 1 is 0.490 bits per heavy atom. The van der Waals surface area contributed by atoms with Crippen LogP contribution in [0.4, 0.5) is 22.7 Å². The van der Waals surface area contributed by atoms with Crippen molar-refractivity contribution in [1.29, 1.82) is 0 Å². The first-order chi connectivity index (χ1) is 23.3. The molecule has 0 heterocycles. The van der Waals surface area contributed by atoms with Gasteiger partial charge in [-0.3, -0.25) is 0 Å². The second-order valence-corrected chi connectivity index (χ2v) is 21.6. The molecule has 0 fully saturated rings. The van der Waals surface area contributed by atoms with Crippen molar-refractivity contribution in [3.63, 3.8) is 0 Å². The molecule has 0 saturated carbocycles. The van der Waals surface area contributed by atoms with Crippen LogP contribution < -0.4 is 9.80 Å². The molecular weight excluding hydrogens is 751 g/mol. The van der Waals surface area contributed by atoms with E-state index in [1.165, 1.54) is 11.1 Å². The molecule has 0 aliphatic heterocycles. The molecule has 0 atom stereocenters. The topological polar surface area (TPSA) is 46.9 Å². The summed E-state index contributed by atoms with van der Waals surface area (Å²) in [6, 6.07) is 21.4. The minimum absolute atomic E-state index is 0.0971. The Morgan fingerprint density at radius 2 is 0.784 bits per heavy atom. The van der Waals surface area contributed by atoms with Crippen LogP contribution in [0.25, 0.3) is 11.1 Å². The van der Waals surface area contributed by atoms with Gasteiger partial charge in [-0.05, 0) is 82.0 Å². The second-order valence-electron chi connectivity index (χ2n) is 17.9. The SMILES string of the molecule is Cc1cccc(N(C)c2cc(C(C)(C)C)cc(C(C)(C)C)c2O)c1-c1c(C)cccc1N(C)c1cc(C(C)(C)C)cc(C(C)(C)C)c1O.[Cl][Zr+2][Cl]. The predicted molar refractivity (Wildman–Crippen MR) is 220 cm³/mol. The number of phenolic OH excluding ortho intramolecular Hbond substituents is 2. The summed E-state index contributed by atoms with van der Waals surface area (Å²) in [4.78, 5) is 4.29. The fourth-order valence-corrected chi connectivity index (χ4v) is 6.53. The number of benzene rings is 4. The summed E-state index contributed by atoms with van der Waals surface area (Å²) in [5, 5.41) is 23.7. The average molecular weight is 811 g/mol. The number of hydrogen-bond acceptors (Lipinski definition) is 4. The summed E-state index contributed by atoms with van der Waals surface area (Å²) in [5.74, 6) is 0.623. The number of halogens is 2. The van der Waals surface area contributed by atoms with E-state index in [0.717, 1.165) is 56.1 Å². The van der Waals surface area contributed by atoms with Crippen LogP contribution in [0.15, 0.2) is 60.7 Å². The molecule has 0 aliphatic rings. The van der Waals surface area contributed by atoms with Gasteiger partial charge in [-0.2, -0.15) is 0 Å². The zero-order valence-corrected chi connectivity index (χ0v) is 37.8. The van der Waals surface area contributed by atoms with Crippen molar-refractivity contribution >= 4 is 39.8 Å². The number of hydrogen-bond donors (Lipinski definition) is 2. The number of aromatic hydroxyl groups is 2. The monoisotopic (exact) mass is 808 g/mol. The maximum atomic E-state index is 11.9. The fourth-order valence-electron chi connectivity index (χ4n) is 6.53. The van der Waals surface area contributed by atoms with E-state index in [2.05, 4.69) is 181 Å². The molecule has 0 aliphatic carbocycles. The van der Waals surface area contributed by atoms with Gasteiger partial charge in [0.05, 0.1) is 11.4 Å². The van der Waals surface area contributed by atoms with Crippen LogP contribution in [-0.4, -0.2) is 24.3 Å². The van der Waals surface area contributed by atoms with Crippen molar-refractivity contribution in [2.75, 3.05) is 23.9 Å². The standard InChI is InChI=1S/C44H60N2O2.2ClH.Zr/c1-27-19-17-21-33(45(15)35-25-29(41(3,4)5)23-31(39(35)47)43(9,10)11)37(27)38-28(2)20-18-22-34(38)46(16)36-26-30(42(6,7)8)24-32(40(36)48)44(12,13)14;;;/h17-26,47-48H,1-16H3;2*1H;/q;;;+4/p-2. The van der Waals surface area contributed by atoms with Crippen molar-refractivity contribution < 1.29 is 31.1 Å². The molecule has 51 heavy (non-hydrogen) atoms. The van der Waals surface area contributed by atoms with E-state index >= 15 is 0 Å². The fraction of sp³-hybridized carbons (Fsp3) is 0.455. The zero-order valence-electron chi connectivity index (χ0n) is 33.8. The van der Waals surface area contributed by atoms with Gasteiger partial charge in [-0.15, -0.1) is 0 Å². The Kier molecular flexibility index (Phi) is 13.4. The molecule has 4 aromatic rings. The van der Waals surface area contributed by atoms with Crippen molar-refractivity contribution in [3.05, 3.63) is 94.0 Å². The summed E-state index contributed by atoms with van der Waals surface area (Å²) in [6.45, 7) is 30.6. The Hall–Kier alpha value is -2.46. The predicted octanol–water partition coefficient (Wildman–Crippen LogP) is 13.5. The van der Waals surface area contributed by atoms with Gasteiger partial charge in [0, 0.05) is 47.7 Å². The zero-order chi connectivity index (χ0) is 39.0. The molecule has 0 unspecified atom stereocenters. The Morgan fingerprint density at radius 3 is 1.04 bits per heavy atom. The Balaban J connectivity index is 0.00000226. The van der Waals surface area contributed by atoms with E-state index in [0.29, 0.717) is 11.5 Å². The molecule has 2 N–H and O–H groups in total. The van der Waals surface area contributed by atoms with Crippen LogP contribution in [0.5, 0.6) is 11.5 Å². The van der Waals surface area contributed by atoms with Crippen molar-refractivity contribution in [3.8, 4) is 22.6 Å². The van der Waals surface area contributed by atoms with E-state index in [4.69, 9.17) is 17.0 Å². The number of phenols is 2. The second kappa shape index (κ2) is 15.9. The van der Waals surface area contributed by atoms with Gasteiger partial charge < -0.3 is 20.0 Å². The summed E-state index contributed by atoms with van der Waals surface area (Å²) >= 11 is -0.826. The van der Waals surface area contributed by atoms with Crippen LogP contribution in [0.3, 0.4) is 0 Å². The van der Waals surface area contributed by atoms with Gasteiger partial charge in [0.25, 0.3) is 0 Å². The third-order valence-corrected chi connectivity index (χ3v) is 9.72. The summed E-state index contributed by atoms with van der Waals surface area (Å²) in [7, 11) is 14.0. The molecule has 4 rings (SSSR count). The quantitative estimate of drug-likeness (QED) is 0.211. The molecule has 7 heteroatoms. The van der Waals surface area contributed by atoms with Gasteiger partial charge >= 0.3 is 37.9 Å². The first-order valence-electron chi connectivity index (χ1n) is 17.7. The summed E-state index contributed by atoms with van der Waals surface area (Å²) in [5.41, 5.74) is 11.6. The van der Waals surface area contributed by atoms with E-state index in [1.807, 2.05) is 0 Å². The third-order valence-electron chi connectivity index (χ3n) is 9.72. The summed E-state index contributed by atoms with van der Waals surface area (Å²) < 4.78 is 0. The van der Waals surface area contributed by atoms with Crippen LogP contribution in [-0.2, 0) is 42.5 Å². The molecular formula is C44H60Cl2N2O2Zr+2. The van der Waals surface area contributed by atoms with Gasteiger partial charge in [0.1, 0.15) is 11.5 Å². The van der Waals surface area contributed by atoms with Crippen molar-refractivity contribution in [2.45, 2.75) is 119 Å². The van der Waals surface area contributed by atoms with Gasteiger partial charge in [-0.1, -0.05) is 119 Å². The van der Waals surface area contributed by atoms with E-state index < -0.39 is 20.8 Å². The minimum atomic E-state index is -0.826. The van der Waals surface area contributed by atoms with Gasteiger partial charge in [-0.25, -0.2) is 0 Å². The molecule has 0 amide bonds. The van der Waals surface area contributed by atoms with Crippen LogP contribution in [0, 0.1) is 13.8 Å². The number of anilines is 4. The first kappa shape index (κ1) is 43.0. The Labute approximate surface area is 327 Å². The molecule has 0 spiro atoms. The normalized spacial score (nSPS) is 12.2. The van der Waals surface area contributed by atoms with Gasteiger partial charge in [0.15, 0.2) is 0 Å². The van der Waals surface area contributed by atoms with E-state index in [-0.39, 0.29) is 21.7 Å².